The van der Waals surface area contributed by atoms with Gasteiger partial charge in [0.25, 0.3) is 11.8 Å². The topological polar surface area (TPSA) is 110 Å². The van der Waals surface area contributed by atoms with E-state index < -0.39 is 0 Å². The van der Waals surface area contributed by atoms with Gasteiger partial charge >= 0.3 is 0 Å². The minimum atomic E-state index is -0.204. The Hall–Kier alpha value is -1.59. The lowest BCUT2D eigenvalue weighted by Gasteiger charge is -1.97. The van der Waals surface area contributed by atoms with Gasteiger partial charge in [-0.05, 0) is 11.5 Å². The van der Waals surface area contributed by atoms with E-state index in [2.05, 4.69) is 31.0 Å². The van der Waals surface area contributed by atoms with Gasteiger partial charge in [-0.3, -0.25) is 9.59 Å². The Bertz CT molecular complexity index is 615. The molecule has 0 saturated carbocycles. The monoisotopic (exact) mass is 372 g/mol. The van der Waals surface area contributed by atoms with E-state index in [1.165, 1.54) is 22.7 Å². The third-order valence-corrected chi connectivity index (χ3v) is 5.65. The van der Waals surface area contributed by atoms with E-state index in [4.69, 9.17) is 0 Å². The van der Waals surface area contributed by atoms with Gasteiger partial charge in [0.1, 0.15) is 10.0 Å². The molecule has 0 atom stereocenters. The molecule has 0 radical (unpaired) electrons. The van der Waals surface area contributed by atoms with Crippen molar-refractivity contribution in [3.05, 3.63) is 20.0 Å². The van der Waals surface area contributed by atoms with E-state index in [0.717, 1.165) is 34.4 Å². The van der Waals surface area contributed by atoms with Crippen molar-refractivity contribution in [3.8, 4) is 0 Å². The average molecular weight is 373 g/mol. The van der Waals surface area contributed by atoms with E-state index in [9.17, 15) is 9.59 Å². The Labute approximate surface area is 145 Å². The van der Waals surface area contributed by atoms with E-state index in [1.807, 2.05) is 0 Å². The Morgan fingerprint density at radius 3 is 1.70 bits per heavy atom. The van der Waals surface area contributed by atoms with Crippen LogP contribution in [0.2, 0.25) is 0 Å². The molecule has 0 aliphatic rings. The second-order valence-corrected chi connectivity index (χ2v) is 7.62. The fourth-order valence-corrected chi connectivity index (χ4v) is 4.24. The molecule has 0 saturated heterocycles. The summed E-state index contributed by atoms with van der Waals surface area (Å²) in [5, 5.41) is 23.3. The molecule has 0 fully saturated rings. The third-order valence-electron chi connectivity index (χ3n) is 2.70. The minimum absolute atomic E-state index is 0.204. The average Bonchev–Trinajstić information content (AvgIpc) is 3.22. The number of aryl methyl sites for hydroxylation is 2. The second-order valence-electron chi connectivity index (χ2n) is 4.27. The molecule has 8 nitrogen and oxygen atoms in total. The Morgan fingerprint density at radius 1 is 0.870 bits per heavy atom. The van der Waals surface area contributed by atoms with Gasteiger partial charge < -0.3 is 10.6 Å². The van der Waals surface area contributed by atoms with Gasteiger partial charge in [0, 0.05) is 26.9 Å². The van der Waals surface area contributed by atoms with Gasteiger partial charge in [0.15, 0.2) is 0 Å². The van der Waals surface area contributed by atoms with Crippen molar-refractivity contribution in [1.82, 2.24) is 31.0 Å². The highest BCUT2D eigenvalue weighted by Crippen LogP contribution is 2.15. The lowest BCUT2D eigenvalue weighted by molar-refractivity contribution is 0.0954. The lowest BCUT2D eigenvalue weighted by Crippen LogP contribution is -2.17. The van der Waals surface area contributed by atoms with Crippen LogP contribution in [0.4, 0.5) is 0 Å². The van der Waals surface area contributed by atoms with E-state index in [1.54, 1.807) is 25.9 Å². The summed E-state index contributed by atoms with van der Waals surface area (Å²) < 4.78 is 0. The number of aromatic nitrogens is 4. The standard InChI is InChI=1S/C12H16N6O2S3/c1-13-9(19)11-17-15-7(22-11)3-5-21-6-4-8-16-18-12(23-8)10(20)14-2/h3-6H2,1-2H3,(H,13,19)(H,14,20). The fraction of sp³-hybridized carbons (Fsp3) is 0.500. The smallest absolute Gasteiger partial charge is 0.282 e. The second kappa shape index (κ2) is 8.89. The Balaban J connectivity index is 1.67. The first-order valence-electron chi connectivity index (χ1n) is 6.80. The summed E-state index contributed by atoms with van der Waals surface area (Å²) in [4.78, 5) is 22.8. The summed E-state index contributed by atoms with van der Waals surface area (Å²) in [5.74, 6) is 1.38. The molecule has 2 aromatic heterocycles. The molecule has 2 N–H and O–H groups in total. The maximum atomic E-state index is 11.4. The summed E-state index contributed by atoms with van der Waals surface area (Å²) in [5.41, 5.74) is 0. The van der Waals surface area contributed by atoms with E-state index in [0.29, 0.717) is 10.0 Å². The minimum Gasteiger partial charge on any atom is -0.353 e. The van der Waals surface area contributed by atoms with Crippen LogP contribution in [0.15, 0.2) is 0 Å². The molecule has 2 amide bonds. The van der Waals surface area contributed by atoms with Crippen LogP contribution in [0.5, 0.6) is 0 Å². The number of carbonyl (C=O) groups is 2. The van der Waals surface area contributed by atoms with Gasteiger partial charge in [0.2, 0.25) is 10.0 Å². The molecule has 23 heavy (non-hydrogen) atoms. The summed E-state index contributed by atoms with van der Waals surface area (Å²) in [7, 11) is 3.14. The largest absolute Gasteiger partial charge is 0.353 e. The highest BCUT2D eigenvalue weighted by atomic mass is 32.2. The molecule has 124 valence electrons. The van der Waals surface area contributed by atoms with Crippen LogP contribution in [-0.2, 0) is 12.8 Å². The predicted octanol–water partition coefficient (Wildman–Crippen LogP) is 0.627. The molecule has 2 rings (SSSR count). The third kappa shape index (κ3) is 5.22. The first-order valence-corrected chi connectivity index (χ1v) is 9.59. The zero-order valence-corrected chi connectivity index (χ0v) is 15.1. The van der Waals surface area contributed by atoms with E-state index in [-0.39, 0.29) is 11.8 Å². The van der Waals surface area contributed by atoms with Crippen LogP contribution in [0.25, 0.3) is 0 Å². The SMILES string of the molecule is CNC(=O)c1nnc(CCSCCc2nnc(C(=O)NC)s2)s1. The van der Waals surface area contributed by atoms with Gasteiger partial charge in [-0.2, -0.15) is 11.8 Å². The quantitative estimate of drug-likeness (QED) is 0.654. The molecule has 11 heteroatoms. The van der Waals surface area contributed by atoms with Crippen molar-refractivity contribution in [2.75, 3.05) is 25.6 Å². The van der Waals surface area contributed by atoms with Crippen molar-refractivity contribution < 1.29 is 9.59 Å². The number of hydrogen-bond acceptors (Lipinski definition) is 9. The van der Waals surface area contributed by atoms with Gasteiger partial charge in [0.05, 0.1) is 0 Å². The molecule has 0 aliphatic heterocycles. The maximum absolute atomic E-state index is 11.4. The number of thioether (sulfide) groups is 1. The van der Waals surface area contributed by atoms with Crippen molar-refractivity contribution in [3.63, 3.8) is 0 Å². The lowest BCUT2D eigenvalue weighted by atomic mass is 10.5. The zero-order valence-electron chi connectivity index (χ0n) is 12.7. The number of rotatable bonds is 8. The van der Waals surface area contributed by atoms with Crippen LogP contribution in [0.1, 0.15) is 29.6 Å². The molecule has 2 aromatic rings. The van der Waals surface area contributed by atoms with Crippen LogP contribution in [0, 0.1) is 0 Å². The maximum Gasteiger partial charge on any atom is 0.282 e. The molecular weight excluding hydrogens is 356 g/mol. The molecule has 0 aromatic carbocycles. The van der Waals surface area contributed by atoms with Crippen molar-refractivity contribution >= 4 is 46.2 Å². The Kier molecular flexibility index (Phi) is 6.86. The van der Waals surface area contributed by atoms with Gasteiger partial charge in [-0.15, -0.1) is 20.4 Å². The molecule has 0 aliphatic carbocycles. The van der Waals surface area contributed by atoms with Crippen molar-refractivity contribution in [2.24, 2.45) is 0 Å². The van der Waals surface area contributed by atoms with Crippen LogP contribution >= 0.6 is 34.4 Å². The van der Waals surface area contributed by atoms with Gasteiger partial charge in [-0.25, -0.2) is 0 Å². The summed E-state index contributed by atoms with van der Waals surface area (Å²) in [6.45, 7) is 0. The van der Waals surface area contributed by atoms with Crippen LogP contribution in [0.3, 0.4) is 0 Å². The van der Waals surface area contributed by atoms with Crippen molar-refractivity contribution in [1.29, 1.82) is 0 Å². The summed E-state index contributed by atoms with van der Waals surface area (Å²) in [6.07, 6.45) is 1.55. The predicted molar refractivity (Wildman–Crippen MR) is 91.3 cm³/mol. The highest BCUT2D eigenvalue weighted by molar-refractivity contribution is 7.99. The van der Waals surface area contributed by atoms with E-state index >= 15 is 0 Å². The first-order chi connectivity index (χ1) is 11.1. The van der Waals surface area contributed by atoms with Gasteiger partial charge in [-0.1, -0.05) is 22.7 Å². The van der Waals surface area contributed by atoms with Crippen molar-refractivity contribution in [2.45, 2.75) is 12.8 Å². The molecule has 0 unspecified atom stereocenters. The summed E-state index contributed by atoms with van der Waals surface area (Å²) in [6, 6.07) is 0. The number of amides is 2. The number of nitrogens with one attached hydrogen (secondary N) is 2. The first kappa shape index (κ1) is 17.8. The Morgan fingerprint density at radius 2 is 1.30 bits per heavy atom. The molecule has 0 spiro atoms. The number of hydrogen-bond donors (Lipinski definition) is 2. The molecular formula is C12H16N6O2S3. The fourth-order valence-electron chi connectivity index (χ4n) is 1.53. The normalized spacial score (nSPS) is 10.5. The molecule has 2 heterocycles. The van der Waals surface area contributed by atoms with Crippen LogP contribution < -0.4 is 10.6 Å². The number of carbonyl (C=O) groups excluding carboxylic acids is 2. The number of nitrogens with zero attached hydrogens (tertiary/aromatic N) is 4. The highest BCUT2D eigenvalue weighted by Gasteiger charge is 2.12. The zero-order chi connectivity index (χ0) is 16.7. The summed E-state index contributed by atoms with van der Waals surface area (Å²) >= 11 is 4.40. The molecule has 0 bridgehead atoms. The van der Waals surface area contributed by atoms with Crippen LogP contribution in [-0.4, -0.2) is 57.8 Å².